The number of nitrogens with one attached hydrogen (secondary N) is 1. The molecule has 20 heavy (non-hydrogen) atoms. The quantitative estimate of drug-likeness (QED) is 0.925. The summed E-state index contributed by atoms with van der Waals surface area (Å²) in [7, 11) is 0. The van der Waals surface area contributed by atoms with Gasteiger partial charge in [0.05, 0.1) is 5.52 Å². The standard InChI is InChI=1S/C17H21N3/c1-3-14-5-2-8-19-17(14)15(4-1)12-20-10-9-18-11-16(20)13-6-7-13/h1-5,8,13,16,18H,6-7,9-12H2. The molecule has 2 aromatic rings. The van der Waals surface area contributed by atoms with E-state index in [1.54, 1.807) is 0 Å². The van der Waals surface area contributed by atoms with Crippen LogP contribution < -0.4 is 5.32 Å². The summed E-state index contributed by atoms with van der Waals surface area (Å²) in [6.07, 6.45) is 4.73. The summed E-state index contributed by atoms with van der Waals surface area (Å²) < 4.78 is 0. The summed E-state index contributed by atoms with van der Waals surface area (Å²) in [5.41, 5.74) is 2.54. The van der Waals surface area contributed by atoms with Crippen molar-refractivity contribution in [2.75, 3.05) is 19.6 Å². The third kappa shape index (κ3) is 2.32. The summed E-state index contributed by atoms with van der Waals surface area (Å²) in [6.45, 7) is 4.46. The largest absolute Gasteiger partial charge is 0.314 e. The smallest absolute Gasteiger partial charge is 0.0746 e. The molecule has 1 aliphatic heterocycles. The average Bonchev–Trinajstić information content (AvgIpc) is 3.33. The van der Waals surface area contributed by atoms with Gasteiger partial charge in [-0.05, 0) is 30.4 Å². The third-order valence-electron chi connectivity index (χ3n) is 4.65. The molecule has 2 aliphatic rings. The monoisotopic (exact) mass is 267 g/mol. The molecule has 1 atom stereocenters. The Hall–Kier alpha value is -1.45. The zero-order valence-electron chi connectivity index (χ0n) is 11.8. The van der Waals surface area contributed by atoms with Crippen LogP contribution in [0.3, 0.4) is 0 Å². The molecule has 1 unspecified atom stereocenters. The summed E-state index contributed by atoms with van der Waals surface area (Å²) in [4.78, 5) is 7.25. The Balaban J connectivity index is 1.62. The summed E-state index contributed by atoms with van der Waals surface area (Å²) in [6, 6.07) is 11.4. The van der Waals surface area contributed by atoms with Crippen molar-refractivity contribution in [1.82, 2.24) is 15.2 Å². The van der Waals surface area contributed by atoms with E-state index in [-0.39, 0.29) is 0 Å². The van der Waals surface area contributed by atoms with Crippen molar-refractivity contribution in [3.8, 4) is 0 Å². The first-order chi connectivity index (χ1) is 9.92. The predicted molar refractivity (Wildman–Crippen MR) is 81.5 cm³/mol. The number of para-hydroxylation sites is 1. The first kappa shape index (κ1) is 12.3. The van der Waals surface area contributed by atoms with Gasteiger partial charge in [0, 0.05) is 43.8 Å². The summed E-state index contributed by atoms with van der Waals surface area (Å²) in [5.74, 6) is 0.922. The molecule has 1 aromatic heterocycles. The molecule has 0 radical (unpaired) electrons. The van der Waals surface area contributed by atoms with E-state index < -0.39 is 0 Å². The number of benzene rings is 1. The second kappa shape index (κ2) is 5.15. The van der Waals surface area contributed by atoms with E-state index in [9.17, 15) is 0 Å². The highest BCUT2D eigenvalue weighted by molar-refractivity contribution is 5.81. The zero-order valence-corrected chi connectivity index (χ0v) is 11.8. The Morgan fingerprint density at radius 2 is 2.10 bits per heavy atom. The maximum atomic E-state index is 4.59. The van der Waals surface area contributed by atoms with Crippen LogP contribution in [0.1, 0.15) is 18.4 Å². The maximum absolute atomic E-state index is 4.59. The maximum Gasteiger partial charge on any atom is 0.0746 e. The number of pyridine rings is 1. The van der Waals surface area contributed by atoms with Crippen LogP contribution in [0, 0.1) is 5.92 Å². The van der Waals surface area contributed by atoms with Gasteiger partial charge in [0.2, 0.25) is 0 Å². The van der Waals surface area contributed by atoms with Crippen LogP contribution in [-0.2, 0) is 6.54 Å². The molecule has 1 saturated carbocycles. The van der Waals surface area contributed by atoms with Crippen LogP contribution in [0.25, 0.3) is 10.9 Å². The number of fused-ring (bicyclic) bond motifs is 1. The predicted octanol–water partition coefficient (Wildman–Crippen LogP) is 2.42. The topological polar surface area (TPSA) is 28.2 Å². The minimum atomic E-state index is 0.725. The van der Waals surface area contributed by atoms with Gasteiger partial charge in [-0.25, -0.2) is 0 Å². The van der Waals surface area contributed by atoms with E-state index >= 15 is 0 Å². The summed E-state index contributed by atoms with van der Waals surface area (Å²) >= 11 is 0. The lowest BCUT2D eigenvalue weighted by Gasteiger charge is -2.36. The van der Waals surface area contributed by atoms with Gasteiger partial charge < -0.3 is 5.32 Å². The molecule has 104 valence electrons. The van der Waals surface area contributed by atoms with Crippen LogP contribution in [0.4, 0.5) is 0 Å². The molecule has 2 heterocycles. The number of rotatable bonds is 3. The fourth-order valence-corrected chi connectivity index (χ4v) is 3.42. The Bertz CT molecular complexity index is 601. The lowest BCUT2D eigenvalue weighted by Crippen LogP contribution is -2.51. The number of hydrogen-bond acceptors (Lipinski definition) is 3. The molecule has 3 nitrogen and oxygen atoms in total. The van der Waals surface area contributed by atoms with Gasteiger partial charge in [-0.2, -0.15) is 0 Å². The molecule has 0 spiro atoms. The van der Waals surface area contributed by atoms with E-state index in [1.165, 1.54) is 29.3 Å². The fourth-order valence-electron chi connectivity index (χ4n) is 3.42. The second-order valence-corrected chi connectivity index (χ2v) is 6.07. The highest BCUT2D eigenvalue weighted by Gasteiger charge is 2.36. The van der Waals surface area contributed by atoms with Crippen molar-refractivity contribution < 1.29 is 0 Å². The Morgan fingerprint density at radius 3 is 3.00 bits per heavy atom. The van der Waals surface area contributed by atoms with Crippen LogP contribution in [0.15, 0.2) is 36.5 Å². The first-order valence-electron chi connectivity index (χ1n) is 7.69. The molecule has 1 saturated heterocycles. The van der Waals surface area contributed by atoms with Crippen molar-refractivity contribution in [3.05, 3.63) is 42.1 Å². The lowest BCUT2D eigenvalue weighted by molar-refractivity contribution is 0.136. The van der Waals surface area contributed by atoms with Crippen molar-refractivity contribution in [1.29, 1.82) is 0 Å². The molecular formula is C17H21N3. The Kier molecular flexibility index (Phi) is 3.17. The van der Waals surface area contributed by atoms with Crippen molar-refractivity contribution in [3.63, 3.8) is 0 Å². The number of aromatic nitrogens is 1. The van der Waals surface area contributed by atoms with Gasteiger partial charge in [0.25, 0.3) is 0 Å². The molecule has 3 heteroatoms. The highest BCUT2D eigenvalue weighted by Crippen LogP contribution is 2.36. The normalized spacial score (nSPS) is 24.1. The van der Waals surface area contributed by atoms with E-state index in [4.69, 9.17) is 0 Å². The van der Waals surface area contributed by atoms with Crippen LogP contribution >= 0.6 is 0 Å². The molecule has 1 N–H and O–H groups in total. The molecule has 1 aromatic carbocycles. The van der Waals surface area contributed by atoms with Crippen molar-refractivity contribution in [2.45, 2.75) is 25.4 Å². The second-order valence-electron chi connectivity index (χ2n) is 6.07. The Morgan fingerprint density at radius 1 is 1.20 bits per heavy atom. The summed E-state index contributed by atoms with van der Waals surface area (Å²) in [5, 5.41) is 4.80. The lowest BCUT2D eigenvalue weighted by atomic mass is 10.0. The van der Waals surface area contributed by atoms with Crippen LogP contribution in [0.2, 0.25) is 0 Å². The first-order valence-corrected chi connectivity index (χ1v) is 7.69. The third-order valence-corrected chi connectivity index (χ3v) is 4.65. The molecule has 1 aliphatic carbocycles. The molecular weight excluding hydrogens is 246 g/mol. The minimum Gasteiger partial charge on any atom is -0.314 e. The minimum absolute atomic E-state index is 0.725. The van der Waals surface area contributed by atoms with Gasteiger partial charge in [0.15, 0.2) is 0 Å². The fraction of sp³-hybridized carbons (Fsp3) is 0.471. The van der Waals surface area contributed by atoms with Gasteiger partial charge in [-0.1, -0.05) is 24.3 Å². The number of piperazine rings is 1. The number of hydrogen-bond donors (Lipinski definition) is 1. The Labute approximate surface area is 120 Å². The van der Waals surface area contributed by atoms with Gasteiger partial charge in [-0.15, -0.1) is 0 Å². The van der Waals surface area contributed by atoms with Crippen molar-refractivity contribution in [2.24, 2.45) is 5.92 Å². The van der Waals surface area contributed by atoms with E-state index in [0.29, 0.717) is 0 Å². The van der Waals surface area contributed by atoms with Crippen LogP contribution in [-0.4, -0.2) is 35.6 Å². The highest BCUT2D eigenvalue weighted by atomic mass is 15.2. The van der Waals surface area contributed by atoms with Crippen LogP contribution in [0.5, 0.6) is 0 Å². The van der Waals surface area contributed by atoms with E-state index in [2.05, 4.69) is 39.5 Å². The van der Waals surface area contributed by atoms with E-state index in [0.717, 1.165) is 38.1 Å². The van der Waals surface area contributed by atoms with Gasteiger partial charge >= 0.3 is 0 Å². The average molecular weight is 267 g/mol. The SMILES string of the molecule is c1cnc2c(CN3CCNCC3C3CC3)cccc2c1. The zero-order chi connectivity index (χ0) is 13.4. The molecule has 2 fully saturated rings. The molecule has 0 bridgehead atoms. The van der Waals surface area contributed by atoms with Gasteiger partial charge in [-0.3, -0.25) is 9.88 Å². The van der Waals surface area contributed by atoms with Crippen molar-refractivity contribution >= 4 is 10.9 Å². The van der Waals surface area contributed by atoms with E-state index in [1.807, 2.05) is 12.3 Å². The van der Waals surface area contributed by atoms with Gasteiger partial charge in [0.1, 0.15) is 0 Å². The molecule has 0 amide bonds. The number of nitrogens with zero attached hydrogens (tertiary/aromatic N) is 2. The molecule has 4 rings (SSSR count).